The molecule has 0 bridgehead atoms. The Balaban J connectivity index is 2.45. The fourth-order valence-corrected chi connectivity index (χ4v) is 2.47. The van der Waals surface area contributed by atoms with Crippen LogP contribution in [0.5, 0.6) is 0 Å². The van der Waals surface area contributed by atoms with E-state index in [0.717, 1.165) is 35.4 Å². The van der Waals surface area contributed by atoms with Crippen molar-refractivity contribution >= 4 is 15.9 Å². The van der Waals surface area contributed by atoms with Gasteiger partial charge in [-0.05, 0) is 22.4 Å². The maximum atomic E-state index is 9.32. The van der Waals surface area contributed by atoms with Crippen molar-refractivity contribution in [3.63, 3.8) is 0 Å². The third kappa shape index (κ3) is 2.65. The second-order valence-corrected chi connectivity index (χ2v) is 4.95. The van der Waals surface area contributed by atoms with Crippen LogP contribution in [-0.2, 0) is 13.2 Å². The summed E-state index contributed by atoms with van der Waals surface area (Å²) in [6, 6.07) is 10.1. The van der Waals surface area contributed by atoms with E-state index in [0.29, 0.717) is 5.69 Å². The van der Waals surface area contributed by atoms with Gasteiger partial charge in [-0.2, -0.15) is 0 Å². The van der Waals surface area contributed by atoms with E-state index in [1.54, 1.807) is 0 Å². The fraction of sp³-hybridized carbons (Fsp3) is 0.357. The zero-order chi connectivity index (χ0) is 13.0. The Hall–Kier alpha value is -1.13. The molecule has 1 N–H and O–H groups in total. The van der Waals surface area contributed by atoms with Crippen LogP contribution in [0, 0.1) is 0 Å². The van der Waals surface area contributed by atoms with Gasteiger partial charge >= 0.3 is 0 Å². The number of aromatic nitrogens is 2. The minimum absolute atomic E-state index is 0.0421. The average Bonchev–Trinajstić information content (AvgIpc) is 2.74. The Morgan fingerprint density at radius 2 is 2.00 bits per heavy atom. The van der Waals surface area contributed by atoms with E-state index in [4.69, 9.17) is 0 Å². The normalized spacial score (nSPS) is 10.8. The SMILES string of the molecule is CCCCn1c(-c2ccccc2)nc(CO)c1Br. The zero-order valence-electron chi connectivity index (χ0n) is 10.4. The first-order valence-corrected chi connectivity index (χ1v) is 6.98. The van der Waals surface area contributed by atoms with E-state index in [2.05, 4.69) is 32.4 Å². The van der Waals surface area contributed by atoms with E-state index in [1.807, 2.05) is 30.3 Å². The number of halogens is 1. The number of hydrogen-bond acceptors (Lipinski definition) is 2. The predicted molar refractivity (Wildman–Crippen MR) is 76.2 cm³/mol. The molecule has 3 nitrogen and oxygen atoms in total. The van der Waals surface area contributed by atoms with Gasteiger partial charge in [0.25, 0.3) is 0 Å². The van der Waals surface area contributed by atoms with Crippen LogP contribution >= 0.6 is 15.9 Å². The van der Waals surface area contributed by atoms with Gasteiger partial charge < -0.3 is 9.67 Å². The molecule has 0 aliphatic heterocycles. The first-order chi connectivity index (χ1) is 8.77. The Morgan fingerprint density at radius 1 is 1.28 bits per heavy atom. The number of aliphatic hydroxyl groups is 1. The molecule has 0 aliphatic rings. The monoisotopic (exact) mass is 308 g/mol. The van der Waals surface area contributed by atoms with Crippen molar-refractivity contribution in [2.24, 2.45) is 0 Å². The molecule has 4 heteroatoms. The van der Waals surface area contributed by atoms with Crippen molar-refractivity contribution in [2.75, 3.05) is 0 Å². The van der Waals surface area contributed by atoms with Crippen LogP contribution in [0.2, 0.25) is 0 Å². The zero-order valence-corrected chi connectivity index (χ0v) is 12.0. The van der Waals surface area contributed by atoms with Crippen LogP contribution in [0.1, 0.15) is 25.5 Å². The molecule has 1 aromatic carbocycles. The predicted octanol–water partition coefficient (Wildman–Crippen LogP) is 3.61. The first kappa shape index (κ1) is 13.3. The highest BCUT2D eigenvalue weighted by atomic mass is 79.9. The second-order valence-electron chi connectivity index (χ2n) is 4.20. The van der Waals surface area contributed by atoms with Gasteiger partial charge in [-0.1, -0.05) is 43.7 Å². The summed E-state index contributed by atoms with van der Waals surface area (Å²) in [5.74, 6) is 0.917. The lowest BCUT2D eigenvalue weighted by molar-refractivity contribution is 0.276. The molecular weight excluding hydrogens is 292 g/mol. The van der Waals surface area contributed by atoms with E-state index in [9.17, 15) is 5.11 Å². The number of rotatable bonds is 5. The molecule has 0 radical (unpaired) electrons. The Morgan fingerprint density at radius 3 is 2.61 bits per heavy atom. The molecule has 1 heterocycles. The highest BCUT2D eigenvalue weighted by molar-refractivity contribution is 9.10. The van der Waals surface area contributed by atoms with E-state index >= 15 is 0 Å². The molecule has 0 saturated heterocycles. The maximum absolute atomic E-state index is 9.32. The van der Waals surface area contributed by atoms with Crippen LogP contribution in [0.25, 0.3) is 11.4 Å². The number of benzene rings is 1. The third-order valence-corrected chi connectivity index (χ3v) is 3.77. The van der Waals surface area contributed by atoms with Gasteiger partial charge in [-0.15, -0.1) is 0 Å². The van der Waals surface area contributed by atoms with E-state index in [1.165, 1.54) is 0 Å². The van der Waals surface area contributed by atoms with Crippen LogP contribution in [-0.4, -0.2) is 14.7 Å². The topological polar surface area (TPSA) is 38.0 Å². The lowest BCUT2D eigenvalue weighted by Crippen LogP contribution is -2.01. The van der Waals surface area contributed by atoms with Crippen molar-refractivity contribution in [3.05, 3.63) is 40.6 Å². The molecule has 0 saturated carbocycles. The Kier molecular flexibility index (Phi) is 4.55. The standard InChI is InChI=1S/C14H17BrN2O/c1-2-3-9-17-13(15)12(10-18)16-14(17)11-7-5-4-6-8-11/h4-8,18H,2-3,9-10H2,1H3. The second kappa shape index (κ2) is 6.16. The summed E-state index contributed by atoms with van der Waals surface area (Å²) in [4.78, 5) is 4.52. The average molecular weight is 309 g/mol. The Labute approximate surface area is 116 Å². The van der Waals surface area contributed by atoms with Crippen LogP contribution in [0.15, 0.2) is 34.9 Å². The van der Waals surface area contributed by atoms with E-state index in [-0.39, 0.29) is 6.61 Å². The lowest BCUT2D eigenvalue weighted by atomic mass is 10.2. The molecule has 0 fully saturated rings. The van der Waals surface area contributed by atoms with Crippen molar-refractivity contribution in [3.8, 4) is 11.4 Å². The summed E-state index contributed by atoms with van der Waals surface area (Å²) >= 11 is 3.53. The quantitative estimate of drug-likeness (QED) is 0.916. The van der Waals surface area contributed by atoms with Gasteiger partial charge in [-0.25, -0.2) is 4.98 Å². The minimum Gasteiger partial charge on any atom is -0.390 e. The van der Waals surface area contributed by atoms with Crippen LogP contribution in [0.4, 0.5) is 0 Å². The number of imidazole rings is 1. The van der Waals surface area contributed by atoms with Crippen molar-refractivity contribution in [2.45, 2.75) is 32.9 Å². The molecule has 0 unspecified atom stereocenters. The summed E-state index contributed by atoms with van der Waals surface area (Å²) in [5.41, 5.74) is 1.78. The highest BCUT2D eigenvalue weighted by Crippen LogP contribution is 2.27. The molecule has 96 valence electrons. The number of aliphatic hydroxyl groups excluding tert-OH is 1. The van der Waals surface area contributed by atoms with Gasteiger partial charge in [0.1, 0.15) is 10.4 Å². The van der Waals surface area contributed by atoms with Crippen molar-refractivity contribution in [1.82, 2.24) is 9.55 Å². The molecule has 0 amide bonds. The van der Waals surface area contributed by atoms with Crippen LogP contribution < -0.4 is 0 Å². The third-order valence-electron chi connectivity index (χ3n) is 2.89. The molecular formula is C14H17BrN2O. The highest BCUT2D eigenvalue weighted by Gasteiger charge is 2.15. The first-order valence-electron chi connectivity index (χ1n) is 6.19. The lowest BCUT2D eigenvalue weighted by Gasteiger charge is -2.08. The fourth-order valence-electron chi connectivity index (χ4n) is 1.91. The summed E-state index contributed by atoms with van der Waals surface area (Å²) in [5, 5.41) is 9.32. The molecule has 0 atom stereocenters. The Bertz CT molecular complexity index is 508. The van der Waals surface area contributed by atoms with Crippen molar-refractivity contribution in [1.29, 1.82) is 0 Å². The largest absolute Gasteiger partial charge is 0.390 e. The summed E-state index contributed by atoms with van der Waals surface area (Å²) < 4.78 is 3.02. The van der Waals surface area contributed by atoms with Crippen LogP contribution in [0.3, 0.4) is 0 Å². The number of unbranched alkanes of at least 4 members (excludes halogenated alkanes) is 1. The van der Waals surface area contributed by atoms with Crippen molar-refractivity contribution < 1.29 is 5.11 Å². The van der Waals surface area contributed by atoms with Gasteiger partial charge in [0, 0.05) is 12.1 Å². The van der Waals surface area contributed by atoms with Gasteiger partial charge in [0.15, 0.2) is 0 Å². The molecule has 1 aromatic heterocycles. The molecule has 0 aliphatic carbocycles. The number of hydrogen-bond donors (Lipinski definition) is 1. The molecule has 2 aromatic rings. The minimum atomic E-state index is -0.0421. The van der Waals surface area contributed by atoms with Gasteiger partial charge in [0.05, 0.1) is 12.3 Å². The molecule has 2 rings (SSSR count). The molecule has 0 spiro atoms. The smallest absolute Gasteiger partial charge is 0.141 e. The number of nitrogens with zero attached hydrogens (tertiary/aromatic N) is 2. The molecule has 18 heavy (non-hydrogen) atoms. The summed E-state index contributed by atoms with van der Waals surface area (Å²) in [7, 11) is 0. The van der Waals surface area contributed by atoms with Gasteiger partial charge in [-0.3, -0.25) is 0 Å². The maximum Gasteiger partial charge on any atom is 0.141 e. The van der Waals surface area contributed by atoms with E-state index < -0.39 is 0 Å². The summed E-state index contributed by atoms with van der Waals surface area (Å²) in [6.45, 7) is 3.04. The summed E-state index contributed by atoms with van der Waals surface area (Å²) in [6.07, 6.45) is 2.23. The van der Waals surface area contributed by atoms with Gasteiger partial charge in [0.2, 0.25) is 0 Å².